The van der Waals surface area contributed by atoms with E-state index in [0.717, 1.165) is 28.6 Å². The average Bonchev–Trinajstić information content (AvgIpc) is 3.73. The fourth-order valence-corrected chi connectivity index (χ4v) is 11.2. The number of hydrogen-bond acceptors (Lipinski definition) is 13. The number of benzene rings is 1. The van der Waals surface area contributed by atoms with Crippen LogP contribution in [0.2, 0.25) is 0 Å². The van der Waals surface area contributed by atoms with Gasteiger partial charge in [-0.3, -0.25) is 14.4 Å². The number of hydrogen-bond donors (Lipinski definition) is 3. The van der Waals surface area contributed by atoms with E-state index in [1.165, 1.54) is 19.1 Å². The van der Waals surface area contributed by atoms with Crippen molar-refractivity contribution in [1.82, 2.24) is 9.47 Å². The molecule has 4 heterocycles. The number of piperidine rings is 1. The van der Waals surface area contributed by atoms with Gasteiger partial charge in [-0.2, -0.15) is 0 Å². The normalized spacial score (nSPS) is 35.6. The summed E-state index contributed by atoms with van der Waals surface area (Å²) in [6.45, 7) is 11.9. The second-order valence-corrected chi connectivity index (χ2v) is 20.2. The molecule has 2 bridgehead atoms. The lowest BCUT2D eigenvalue weighted by molar-refractivity contribution is -0.302. The van der Waals surface area contributed by atoms with Crippen molar-refractivity contribution < 1.29 is 62.9 Å². The number of ketones is 2. The van der Waals surface area contributed by atoms with E-state index >= 15 is 0 Å². The SMILES string of the molecule is CCC1C=C(C)CC(C)CC(OC)C2OC(O)(C(=O)C(=O)N3CCCCC3C(=O)OC(C(C)=CC3CCC(Oc4ccc5c(ccn5CCO)c4)C(OC)C3)C(C)C(O)CC1=O)C(C)CC2OC. The molecule has 378 valence electrons. The number of fused-ring (bicyclic) bond motifs is 4. The van der Waals surface area contributed by atoms with E-state index in [1.54, 1.807) is 21.0 Å². The van der Waals surface area contributed by atoms with Gasteiger partial charge in [0.1, 0.15) is 35.9 Å². The molecule has 4 aliphatic rings. The first-order valence-corrected chi connectivity index (χ1v) is 24.9. The molecule has 3 N–H and O–H groups in total. The standard InChI is InChI=1S/C53H78N2O13/c1-10-37-24-31(2)23-32(3)25-46(64-8)49-47(65-9)27-34(5)53(62,68-49)50(59)51(60)55-19-12-11-13-41(55)52(61)67-48(35(6)42(57)30-43(37)58)33(4)26-36-14-17-44(45(28-36)63-7)66-39-15-16-40-38(29-39)18-20-54(40)21-22-56/h15-16,18,20,24,26,29,32,34-37,41-42,44-49,56-57,62H,10-14,17,19,21-23,25,27-28,30H2,1-9H3. The van der Waals surface area contributed by atoms with Crippen molar-refractivity contribution in [3.63, 3.8) is 0 Å². The van der Waals surface area contributed by atoms with Crippen LogP contribution in [0.25, 0.3) is 10.9 Å². The number of nitrogens with zero attached hydrogens (tertiary/aromatic N) is 2. The highest BCUT2D eigenvalue weighted by molar-refractivity contribution is 6.39. The number of aliphatic hydroxyl groups excluding tert-OH is 2. The first kappa shape index (κ1) is 53.4. The zero-order chi connectivity index (χ0) is 49.4. The summed E-state index contributed by atoms with van der Waals surface area (Å²) in [6.07, 6.45) is 6.31. The molecule has 2 saturated heterocycles. The monoisotopic (exact) mass is 951 g/mol. The number of esters is 1. The van der Waals surface area contributed by atoms with Crippen LogP contribution in [0.3, 0.4) is 0 Å². The molecular formula is C53H78N2O13. The predicted molar refractivity (Wildman–Crippen MR) is 256 cm³/mol. The number of cyclic esters (lactones) is 1. The van der Waals surface area contributed by atoms with Gasteiger partial charge in [-0.1, -0.05) is 45.4 Å². The number of carbonyl (C=O) groups excluding carboxylic acids is 4. The number of rotatable bonds is 10. The van der Waals surface area contributed by atoms with Gasteiger partial charge in [-0.15, -0.1) is 0 Å². The Kier molecular flexibility index (Phi) is 18.7. The molecule has 1 saturated carbocycles. The molecule has 1 aliphatic carbocycles. The largest absolute Gasteiger partial charge is 0.488 e. The van der Waals surface area contributed by atoms with Crippen LogP contribution in [0.5, 0.6) is 5.75 Å². The maximum atomic E-state index is 14.6. The van der Waals surface area contributed by atoms with Crippen molar-refractivity contribution in [3.8, 4) is 5.75 Å². The Bertz CT molecular complexity index is 2120. The third-order valence-electron chi connectivity index (χ3n) is 15.2. The minimum atomic E-state index is -2.52. The molecule has 6 rings (SSSR count). The molecule has 3 aliphatic heterocycles. The smallest absolute Gasteiger partial charge is 0.329 e. The molecule has 1 aromatic carbocycles. The van der Waals surface area contributed by atoms with Crippen molar-refractivity contribution in [2.24, 2.45) is 29.6 Å². The molecule has 2 aromatic rings. The summed E-state index contributed by atoms with van der Waals surface area (Å²) >= 11 is 0. The summed E-state index contributed by atoms with van der Waals surface area (Å²) in [5, 5.41) is 34.5. The fraction of sp³-hybridized carbons (Fsp3) is 0.698. The lowest BCUT2D eigenvalue weighted by Crippen LogP contribution is -2.64. The van der Waals surface area contributed by atoms with E-state index in [2.05, 4.69) is 13.0 Å². The summed E-state index contributed by atoms with van der Waals surface area (Å²) < 4.78 is 39.0. The maximum Gasteiger partial charge on any atom is 0.329 e. The summed E-state index contributed by atoms with van der Waals surface area (Å²) in [5.41, 5.74) is 2.68. The summed E-state index contributed by atoms with van der Waals surface area (Å²) in [6, 6.07) is 6.77. The van der Waals surface area contributed by atoms with Gasteiger partial charge in [0.05, 0.1) is 31.0 Å². The Morgan fingerprint density at radius 3 is 2.32 bits per heavy atom. The van der Waals surface area contributed by atoms with E-state index < -0.39 is 77.8 Å². The molecule has 14 unspecified atom stereocenters. The fourth-order valence-electron chi connectivity index (χ4n) is 11.2. The number of carbonyl (C=O) groups is 4. The molecular weight excluding hydrogens is 873 g/mol. The Hall–Kier alpha value is -3.96. The van der Waals surface area contributed by atoms with Gasteiger partial charge in [0, 0.05) is 75.7 Å². The average molecular weight is 951 g/mol. The molecule has 0 radical (unpaired) electrons. The van der Waals surface area contributed by atoms with Gasteiger partial charge >= 0.3 is 5.97 Å². The Morgan fingerprint density at radius 2 is 1.63 bits per heavy atom. The Morgan fingerprint density at radius 1 is 0.912 bits per heavy atom. The maximum absolute atomic E-state index is 14.6. The minimum absolute atomic E-state index is 0.00701. The van der Waals surface area contributed by atoms with Gasteiger partial charge in [0.15, 0.2) is 0 Å². The van der Waals surface area contributed by atoms with E-state index in [9.17, 15) is 34.5 Å². The molecule has 1 aromatic heterocycles. The van der Waals surface area contributed by atoms with Gasteiger partial charge in [-0.25, -0.2) is 4.79 Å². The lowest BCUT2D eigenvalue weighted by Gasteiger charge is -2.47. The van der Waals surface area contributed by atoms with Crippen molar-refractivity contribution >= 4 is 34.3 Å². The second kappa shape index (κ2) is 23.8. The van der Waals surface area contributed by atoms with E-state index in [-0.39, 0.29) is 62.2 Å². The first-order chi connectivity index (χ1) is 32.5. The van der Waals surface area contributed by atoms with Crippen LogP contribution in [-0.4, -0.2) is 137 Å². The van der Waals surface area contributed by atoms with Gasteiger partial charge < -0.3 is 53.2 Å². The van der Waals surface area contributed by atoms with Crippen LogP contribution >= 0.6 is 0 Å². The van der Waals surface area contributed by atoms with Crippen LogP contribution in [0.4, 0.5) is 0 Å². The van der Waals surface area contributed by atoms with Crippen molar-refractivity contribution in [3.05, 3.63) is 53.8 Å². The molecule has 3 fully saturated rings. The minimum Gasteiger partial charge on any atom is -0.488 e. The van der Waals surface area contributed by atoms with Gasteiger partial charge in [0.2, 0.25) is 5.79 Å². The van der Waals surface area contributed by atoms with Crippen molar-refractivity contribution in [2.75, 3.05) is 34.5 Å². The highest BCUT2D eigenvalue weighted by Crippen LogP contribution is 2.40. The van der Waals surface area contributed by atoms with Crippen molar-refractivity contribution in [1.29, 1.82) is 0 Å². The summed E-state index contributed by atoms with van der Waals surface area (Å²) in [5.74, 6) is -6.86. The zero-order valence-corrected chi connectivity index (χ0v) is 41.8. The number of ether oxygens (including phenoxy) is 6. The van der Waals surface area contributed by atoms with Crippen LogP contribution in [0.15, 0.2) is 53.8 Å². The van der Waals surface area contributed by atoms with Gasteiger partial charge in [-0.05, 0) is 120 Å². The Labute approximate surface area is 402 Å². The lowest BCUT2D eigenvalue weighted by atomic mass is 9.81. The quantitative estimate of drug-likeness (QED) is 0.133. The van der Waals surface area contributed by atoms with E-state index in [1.807, 2.05) is 61.9 Å². The third-order valence-corrected chi connectivity index (χ3v) is 15.2. The second-order valence-electron chi connectivity index (χ2n) is 20.2. The number of aromatic nitrogens is 1. The van der Waals surface area contributed by atoms with Crippen LogP contribution in [0, 0.1) is 29.6 Å². The topological polar surface area (TPSA) is 193 Å². The highest BCUT2D eigenvalue weighted by Gasteiger charge is 2.56. The van der Waals surface area contributed by atoms with E-state index in [0.29, 0.717) is 57.1 Å². The van der Waals surface area contributed by atoms with E-state index in [4.69, 9.17) is 28.4 Å². The number of aliphatic hydroxyl groups is 3. The van der Waals surface area contributed by atoms with Crippen molar-refractivity contribution in [2.45, 2.75) is 173 Å². The number of amides is 1. The molecule has 1 amide bonds. The number of methoxy groups -OCH3 is 3. The summed E-state index contributed by atoms with van der Waals surface area (Å²) in [4.78, 5) is 58.6. The van der Waals surface area contributed by atoms with Crippen LogP contribution in [0.1, 0.15) is 112 Å². The highest BCUT2D eigenvalue weighted by atomic mass is 16.7. The summed E-state index contributed by atoms with van der Waals surface area (Å²) in [7, 11) is 4.74. The number of Topliss-reactive ketones (excluding diaryl/α,β-unsaturated/α-hetero) is 2. The molecule has 68 heavy (non-hydrogen) atoms. The molecule has 15 nitrogen and oxygen atoms in total. The van der Waals surface area contributed by atoms with Crippen LogP contribution < -0.4 is 4.74 Å². The number of allylic oxidation sites excluding steroid dienone is 3. The zero-order valence-electron chi connectivity index (χ0n) is 41.8. The molecule has 15 heteroatoms. The predicted octanol–water partition coefficient (Wildman–Crippen LogP) is 6.51. The Balaban J connectivity index is 1.29. The molecule has 14 atom stereocenters. The third kappa shape index (κ3) is 12.1. The molecule has 0 spiro atoms. The van der Waals surface area contributed by atoms with Gasteiger partial charge in [0.25, 0.3) is 11.7 Å². The first-order valence-electron chi connectivity index (χ1n) is 24.9. The van der Waals surface area contributed by atoms with Crippen LogP contribution in [-0.2, 0) is 49.4 Å².